The van der Waals surface area contributed by atoms with E-state index in [1.54, 1.807) is 13.2 Å². The van der Waals surface area contributed by atoms with Crippen molar-refractivity contribution in [3.05, 3.63) is 24.2 Å². The third-order valence-corrected chi connectivity index (χ3v) is 5.27. The number of nitrogens with zero attached hydrogens (tertiary/aromatic N) is 3. The molecule has 3 N–H and O–H groups in total. The average Bonchev–Trinajstić information content (AvgIpc) is 3.30. The molecule has 3 rings (SSSR count). The van der Waals surface area contributed by atoms with Crippen molar-refractivity contribution in [1.82, 2.24) is 19.9 Å². The van der Waals surface area contributed by atoms with Gasteiger partial charge in [0.1, 0.15) is 30.1 Å². The van der Waals surface area contributed by atoms with E-state index in [-0.39, 0.29) is 24.3 Å². The quantitative estimate of drug-likeness (QED) is 0.471. The summed E-state index contributed by atoms with van der Waals surface area (Å²) in [5.74, 6) is 0.202. The molecule has 2 aromatic heterocycles. The smallest absolute Gasteiger partial charge is 0.244 e. The van der Waals surface area contributed by atoms with Crippen LogP contribution in [0.15, 0.2) is 18.6 Å². The number of aromatic nitrogens is 3. The maximum atomic E-state index is 12.0. The second kappa shape index (κ2) is 10.1. The van der Waals surface area contributed by atoms with E-state index in [4.69, 9.17) is 19.7 Å². The molecule has 0 radical (unpaired) electrons. The first-order valence-corrected chi connectivity index (χ1v) is 11.0. The minimum Gasteiger partial charge on any atom is -0.383 e. The summed E-state index contributed by atoms with van der Waals surface area (Å²) in [7, 11) is 2.07. The summed E-state index contributed by atoms with van der Waals surface area (Å²) < 4.78 is 19.3. The number of anilines is 1. The molecule has 1 aliphatic rings. The zero-order valence-electron chi connectivity index (χ0n) is 16.9. The van der Waals surface area contributed by atoms with Crippen molar-refractivity contribution in [3.63, 3.8) is 0 Å². The average molecular weight is 421 g/mol. The number of carbonyl (C=O) groups excluding carboxylic acids is 1. The van der Waals surface area contributed by atoms with Gasteiger partial charge in [0.15, 0.2) is 0 Å². The molecular weight excluding hydrogens is 393 g/mol. The Labute approximate surface area is 171 Å². The molecule has 2 unspecified atom stereocenters. The van der Waals surface area contributed by atoms with E-state index in [9.17, 15) is 4.79 Å². The third-order valence-electron chi connectivity index (χ3n) is 4.82. The lowest BCUT2D eigenvalue weighted by atomic mass is 10.2. The Kier molecular flexibility index (Phi) is 7.55. The van der Waals surface area contributed by atoms with Crippen LogP contribution in [0, 0.1) is 0 Å². The van der Waals surface area contributed by atoms with Crippen molar-refractivity contribution in [2.24, 2.45) is 0 Å². The molecule has 1 saturated heterocycles. The maximum Gasteiger partial charge on any atom is 0.244 e. The highest BCUT2D eigenvalue weighted by atomic mass is 31.1. The molecule has 0 aromatic carbocycles. The summed E-state index contributed by atoms with van der Waals surface area (Å²) in [6, 6.07) is 0. The van der Waals surface area contributed by atoms with Crippen LogP contribution in [0.3, 0.4) is 0 Å². The molecule has 29 heavy (non-hydrogen) atoms. The first kappa shape index (κ1) is 21.6. The van der Waals surface area contributed by atoms with E-state index in [0.29, 0.717) is 45.2 Å². The molecule has 0 aliphatic carbocycles. The molecule has 2 aromatic rings. The SMILES string of the molecule is CCCNC(=O)/C=C/c1cn([C@H]2CC(OC)[C@@H](COPC)O2)c2ncnc(N)c12. The predicted molar refractivity (Wildman–Crippen MR) is 114 cm³/mol. The van der Waals surface area contributed by atoms with Crippen molar-refractivity contribution in [2.75, 3.05) is 32.7 Å². The summed E-state index contributed by atoms with van der Waals surface area (Å²) in [4.78, 5) is 20.5. The minimum atomic E-state index is -0.276. The van der Waals surface area contributed by atoms with Crippen LogP contribution >= 0.6 is 8.81 Å². The van der Waals surface area contributed by atoms with Crippen LogP contribution in [0.5, 0.6) is 0 Å². The number of methoxy groups -OCH3 is 1. The van der Waals surface area contributed by atoms with Crippen molar-refractivity contribution in [2.45, 2.75) is 38.2 Å². The fraction of sp³-hybridized carbons (Fsp3) is 0.526. The zero-order chi connectivity index (χ0) is 20.8. The summed E-state index contributed by atoms with van der Waals surface area (Å²) in [6.07, 6.45) is 7.56. The van der Waals surface area contributed by atoms with Crippen LogP contribution in [0.4, 0.5) is 5.82 Å². The normalized spacial score (nSPS) is 22.4. The van der Waals surface area contributed by atoms with Gasteiger partial charge in [-0.1, -0.05) is 6.92 Å². The molecule has 0 bridgehead atoms. The third kappa shape index (κ3) is 4.93. The molecule has 1 aliphatic heterocycles. The van der Waals surface area contributed by atoms with Crippen molar-refractivity contribution in [1.29, 1.82) is 0 Å². The van der Waals surface area contributed by atoms with Gasteiger partial charge in [0, 0.05) is 46.7 Å². The summed E-state index contributed by atoms with van der Waals surface area (Å²) in [5, 5.41) is 3.51. The van der Waals surface area contributed by atoms with Gasteiger partial charge in [0.25, 0.3) is 0 Å². The molecule has 0 spiro atoms. The Hall–Kier alpha value is -2.06. The van der Waals surface area contributed by atoms with Gasteiger partial charge < -0.3 is 29.6 Å². The van der Waals surface area contributed by atoms with E-state index in [2.05, 4.69) is 15.3 Å². The number of amides is 1. The molecule has 1 amide bonds. The number of nitrogen functional groups attached to an aromatic ring is 1. The lowest BCUT2D eigenvalue weighted by molar-refractivity contribution is -0.116. The van der Waals surface area contributed by atoms with E-state index in [1.165, 1.54) is 12.4 Å². The minimum absolute atomic E-state index is 0.0770. The Morgan fingerprint density at radius 3 is 3.07 bits per heavy atom. The molecule has 158 valence electrons. The van der Waals surface area contributed by atoms with Gasteiger partial charge >= 0.3 is 0 Å². The summed E-state index contributed by atoms with van der Waals surface area (Å²) in [6.45, 7) is 5.09. The number of ether oxygens (including phenoxy) is 2. The standard InChI is InChI=1S/C19H28N5O4P/c1-4-7-21-15(25)6-5-12-9-24(19-17(12)18(20)22-11-23-19)16-8-13(26-2)14(28-16)10-27-29-3/h5-6,9,11,13-14,16,29H,4,7-8,10H2,1-3H3,(H,21,25)(H2,20,22,23)/b6-5+/t13?,14-,16-/m1/s1. The molecule has 3 heterocycles. The van der Waals surface area contributed by atoms with Crippen molar-refractivity contribution in [3.8, 4) is 0 Å². The van der Waals surface area contributed by atoms with E-state index < -0.39 is 0 Å². The van der Waals surface area contributed by atoms with Crippen LogP contribution in [0.1, 0.15) is 31.6 Å². The number of hydrogen-bond donors (Lipinski definition) is 2. The highest BCUT2D eigenvalue weighted by Gasteiger charge is 2.37. The molecule has 10 heteroatoms. The van der Waals surface area contributed by atoms with Crippen LogP contribution in [-0.4, -0.2) is 59.6 Å². The highest BCUT2D eigenvalue weighted by Crippen LogP contribution is 2.36. The van der Waals surface area contributed by atoms with E-state index >= 15 is 0 Å². The van der Waals surface area contributed by atoms with Crippen LogP contribution < -0.4 is 11.1 Å². The summed E-state index contributed by atoms with van der Waals surface area (Å²) >= 11 is 0. The van der Waals surface area contributed by atoms with Gasteiger partial charge in [0.05, 0.1) is 18.1 Å². The van der Waals surface area contributed by atoms with Gasteiger partial charge in [-0.3, -0.25) is 4.79 Å². The van der Waals surface area contributed by atoms with Gasteiger partial charge in [-0.25, -0.2) is 9.97 Å². The van der Waals surface area contributed by atoms with Gasteiger partial charge in [-0.05, 0) is 19.2 Å². The number of carbonyl (C=O) groups is 1. The number of fused-ring (bicyclic) bond motifs is 1. The van der Waals surface area contributed by atoms with Crippen LogP contribution in [0.25, 0.3) is 17.1 Å². The van der Waals surface area contributed by atoms with E-state index in [0.717, 1.165) is 12.0 Å². The lowest BCUT2D eigenvalue weighted by Crippen LogP contribution is -2.27. The van der Waals surface area contributed by atoms with Crippen molar-refractivity contribution >= 4 is 37.6 Å². The molecule has 4 atom stereocenters. The number of hydrogen-bond acceptors (Lipinski definition) is 7. The van der Waals surface area contributed by atoms with Crippen LogP contribution in [-0.2, 0) is 18.8 Å². The second-order valence-electron chi connectivity index (χ2n) is 6.73. The maximum absolute atomic E-state index is 12.0. The lowest BCUT2D eigenvalue weighted by Gasteiger charge is -2.17. The number of rotatable bonds is 9. The first-order valence-electron chi connectivity index (χ1n) is 9.62. The molecule has 9 nitrogen and oxygen atoms in total. The Balaban J connectivity index is 1.90. The number of nitrogens with one attached hydrogen (secondary N) is 1. The highest BCUT2D eigenvalue weighted by molar-refractivity contribution is 7.31. The Morgan fingerprint density at radius 1 is 1.52 bits per heavy atom. The second-order valence-corrected chi connectivity index (χ2v) is 7.42. The van der Waals surface area contributed by atoms with Crippen LogP contribution in [0.2, 0.25) is 0 Å². The zero-order valence-corrected chi connectivity index (χ0v) is 17.9. The number of nitrogens with two attached hydrogens (primary N) is 1. The fourth-order valence-corrected chi connectivity index (χ4v) is 3.72. The van der Waals surface area contributed by atoms with Gasteiger partial charge in [-0.2, -0.15) is 0 Å². The Morgan fingerprint density at radius 2 is 2.34 bits per heavy atom. The molecular formula is C19H28N5O4P. The Bertz CT molecular complexity index is 872. The van der Waals surface area contributed by atoms with Gasteiger partial charge in [0.2, 0.25) is 5.91 Å². The monoisotopic (exact) mass is 421 g/mol. The van der Waals surface area contributed by atoms with Gasteiger partial charge in [-0.15, -0.1) is 0 Å². The topological polar surface area (TPSA) is 114 Å². The molecule has 0 saturated carbocycles. The van der Waals surface area contributed by atoms with E-state index in [1.807, 2.05) is 24.4 Å². The summed E-state index contributed by atoms with van der Waals surface area (Å²) in [5.41, 5.74) is 7.54. The fourth-order valence-electron chi connectivity index (χ4n) is 3.39. The molecule has 1 fully saturated rings. The predicted octanol–water partition coefficient (Wildman–Crippen LogP) is 2.10. The largest absolute Gasteiger partial charge is 0.383 e. The first-order chi connectivity index (χ1) is 14.1. The van der Waals surface area contributed by atoms with Crippen molar-refractivity contribution < 1.29 is 18.8 Å².